The van der Waals surface area contributed by atoms with Crippen molar-refractivity contribution in [2.75, 3.05) is 18.5 Å². The van der Waals surface area contributed by atoms with Crippen LogP contribution in [0.5, 0.6) is 0 Å². The van der Waals surface area contributed by atoms with Gasteiger partial charge in [-0.3, -0.25) is 4.79 Å². The lowest BCUT2D eigenvalue weighted by molar-refractivity contribution is -0.123. The van der Waals surface area contributed by atoms with Crippen LogP contribution < -0.4 is 5.32 Å². The van der Waals surface area contributed by atoms with Gasteiger partial charge in [0.2, 0.25) is 11.8 Å². The van der Waals surface area contributed by atoms with E-state index in [1.807, 2.05) is 48.5 Å². The molecule has 24 heavy (non-hydrogen) atoms. The Kier molecular flexibility index (Phi) is 4.01. The Labute approximate surface area is 139 Å². The SMILES string of the molecule is O=C(Nc1ccc(-c2nc3ccccc3o2)cc1)C1CCCOC1. The maximum atomic E-state index is 12.2. The van der Waals surface area contributed by atoms with Crippen molar-refractivity contribution in [2.24, 2.45) is 5.92 Å². The number of fused-ring (bicyclic) bond motifs is 1. The second-order valence-electron chi connectivity index (χ2n) is 5.97. The standard InChI is InChI=1S/C19H18N2O3/c22-18(14-4-3-11-23-12-14)20-15-9-7-13(8-10-15)19-21-16-5-1-2-6-17(16)24-19/h1-2,5-10,14H,3-4,11-12H2,(H,20,22). The number of anilines is 1. The summed E-state index contributed by atoms with van der Waals surface area (Å²) in [6.45, 7) is 1.26. The smallest absolute Gasteiger partial charge is 0.229 e. The van der Waals surface area contributed by atoms with Gasteiger partial charge in [-0.1, -0.05) is 12.1 Å². The molecular weight excluding hydrogens is 304 g/mol. The molecule has 0 spiro atoms. The second kappa shape index (κ2) is 6.45. The maximum absolute atomic E-state index is 12.2. The second-order valence-corrected chi connectivity index (χ2v) is 5.97. The van der Waals surface area contributed by atoms with Crippen molar-refractivity contribution in [1.82, 2.24) is 4.98 Å². The van der Waals surface area contributed by atoms with Crippen molar-refractivity contribution >= 4 is 22.7 Å². The topological polar surface area (TPSA) is 64.4 Å². The first-order valence-electron chi connectivity index (χ1n) is 8.14. The highest BCUT2D eigenvalue weighted by molar-refractivity contribution is 5.92. The van der Waals surface area contributed by atoms with E-state index in [0.717, 1.165) is 41.8 Å². The Bertz CT molecular complexity index is 815. The van der Waals surface area contributed by atoms with Crippen LogP contribution in [0.25, 0.3) is 22.6 Å². The van der Waals surface area contributed by atoms with E-state index in [-0.39, 0.29) is 11.8 Å². The van der Waals surface area contributed by atoms with Crippen LogP contribution in [0, 0.1) is 5.92 Å². The first-order chi connectivity index (χ1) is 11.8. The number of hydrogen-bond acceptors (Lipinski definition) is 4. The summed E-state index contributed by atoms with van der Waals surface area (Å²) in [5.41, 5.74) is 3.25. The summed E-state index contributed by atoms with van der Waals surface area (Å²) in [4.78, 5) is 16.7. The van der Waals surface area contributed by atoms with Gasteiger partial charge in [-0.05, 0) is 49.2 Å². The molecule has 0 bridgehead atoms. The number of rotatable bonds is 3. The fourth-order valence-corrected chi connectivity index (χ4v) is 2.88. The number of hydrogen-bond donors (Lipinski definition) is 1. The molecule has 1 aliphatic rings. The van der Waals surface area contributed by atoms with Gasteiger partial charge in [0, 0.05) is 17.9 Å². The molecule has 1 amide bonds. The average Bonchev–Trinajstić information content (AvgIpc) is 3.07. The van der Waals surface area contributed by atoms with Gasteiger partial charge in [0.15, 0.2) is 5.58 Å². The Hall–Kier alpha value is -2.66. The molecule has 1 unspecified atom stereocenters. The van der Waals surface area contributed by atoms with Gasteiger partial charge in [0.1, 0.15) is 5.52 Å². The zero-order valence-corrected chi connectivity index (χ0v) is 13.2. The van der Waals surface area contributed by atoms with E-state index < -0.39 is 0 Å². The van der Waals surface area contributed by atoms with E-state index in [1.165, 1.54) is 0 Å². The first-order valence-corrected chi connectivity index (χ1v) is 8.14. The number of nitrogens with zero attached hydrogens (tertiary/aromatic N) is 1. The molecule has 1 aliphatic heterocycles. The summed E-state index contributed by atoms with van der Waals surface area (Å²) >= 11 is 0. The highest BCUT2D eigenvalue weighted by Crippen LogP contribution is 2.25. The van der Waals surface area contributed by atoms with E-state index in [9.17, 15) is 4.79 Å². The number of carbonyl (C=O) groups excluding carboxylic acids is 1. The Balaban J connectivity index is 1.48. The van der Waals surface area contributed by atoms with Gasteiger partial charge in [-0.25, -0.2) is 4.98 Å². The number of benzene rings is 2. The quantitative estimate of drug-likeness (QED) is 0.795. The minimum absolute atomic E-state index is 0.0179. The minimum Gasteiger partial charge on any atom is -0.436 e. The molecule has 1 aromatic heterocycles. The molecule has 0 saturated carbocycles. The number of para-hydroxylation sites is 2. The van der Waals surface area contributed by atoms with Crippen LogP contribution in [0.15, 0.2) is 52.9 Å². The molecule has 1 saturated heterocycles. The van der Waals surface area contributed by atoms with E-state index in [4.69, 9.17) is 9.15 Å². The molecule has 4 rings (SSSR count). The molecule has 0 radical (unpaired) electrons. The van der Waals surface area contributed by atoms with Crippen molar-refractivity contribution in [1.29, 1.82) is 0 Å². The third-order valence-corrected chi connectivity index (χ3v) is 4.22. The van der Waals surface area contributed by atoms with E-state index in [0.29, 0.717) is 12.5 Å². The van der Waals surface area contributed by atoms with Crippen LogP contribution in [0.1, 0.15) is 12.8 Å². The van der Waals surface area contributed by atoms with E-state index >= 15 is 0 Å². The number of amides is 1. The fourth-order valence-electron chi connectivity index (χ4n) is 2.88. The normalized spacial score (nSPS) is 17.8. The average molecular weight is 322 g/mol. The molecule has 3 aromatic rings. The molecular formula is C19H18N2O3. The van der Waals surface area contributed by atoms with Crippen LogP contribution in [0.4, 0.5) is 5.69 Å². The number of carbonyl (C=O) groups is 1. The van der Waals surface area contributed by atoms with Crippen molar-refractivity contribution in [3.63, 3.8) is 0 Å². The number of aromatic nitrogens is 1. The van der Waals surface area contributed by atoms with Crippen LogP contribution in [0.2, 0.25) is 0 Å². The van der Waals surface area contributed by atoms with Crippen molar-refractivity contribution < 1.29 is 13.9 Å². The third-order valence-electron chi connectivity index (χ3n) is 4.22. The van der Waals surface area contributed by atoms with Crippen LogP contribution in [-0.4, -0.2) is 24.1 Å². The van der Waals surface area contributed by atoms with Gasteiger partial charge in [-0.2, -0.15) is 0 Å². The zero-order chi connectivity index (χ0) is 16.4. The number of ether oxygens (including phenoxy) is 1. The number of oxazole rings is 1. The van der Waals surface area contributed by atoms with Crippen LogP contribution >= 0.6 is 0 Å². The van der Waals surface area contributed by atoms with Gasteiger partial charge >= 0.3 is 0 Å². The molecule has 0 aliphatic carbocycles. The molecule has 1 atom stereocenters. The van der Waals surface area contributed by atoms with Crippen LogP contribution in [0.3, 0.4) is 0 Å². The monoisotopic (exact) mass is 322 g/mol. The molecule has 1 N–H and O–H groups in total. The third kappa shape index (κ3) is 3.03. The minimum atomic E-state index is -0.0598. The van der Waals surface area contributed by atoms with E-state index in [2.05, 4.69) is 10.3 Å². The molecule has 122 valence electrons. The molecule has 5 nitrogen and oxygen atoms in total. The molecule has 1 fully saturated rings. The Morgan fingerprint density at radius 3 is 2.71 bits per heavy atom. The summed E-state index contributed by atoms with van der Waals surface area (Å²) in [7, 11) is 0. The lowest BCUT2D eigenvalue weighted by atomic mass is 10.0. The lowest BCUT2D eigenvalue weighted by Crippen LogP contribution is -2.30. The predicted octanol–water partition coefficient (Wildman–Crippen LogP) is 3.86. The molecule has 5 heteroatoms. The predicted molar refractivity (Wildman–Crippen MR) is 91.6 cm³/mol. The molecule has 2 heterocycles. The lowest BCUT2D eigenvalue weighted by Gasteiger charge is -2.21. The van der Waals surface area contributed by atoms with Crippen molar-refractivity contribution in [3.8, 4) is 11.5 Å². The summed E-state index contributed by atoms with van der Waals surface area (Å²) in [5, 5.41) is 2.95. The van der Waals surface area contributed by atoms with Crippen LogP contribution in [-0.2, 0) is 9.53 Å². The van der Waals surface area contributed by atoms with Crippen molar-refractivity contribution in [3.05, 3.63) is 48.5 Å². The Morgan fingerprint density at radius 1 is 1.12 bits per heavy atom. The first kappa shape index (κ1) is 14.9. The summed E-state index contributed by atoms with van der Waals surface area (Å²) < 4.78 is 11.1. The summed E-state index contributed by atoms with van der Waals surface area (Å²) in [6, 6.07) is 15.2. The highest BCUT2D eigenvalue weighted by Gasteiger charge is 2.21. The van der Waals surface area contributed by atoms with Gasteiger partial charge in [0.05, 0.1) is 12.5 Å². The largest absolute Gasteiger partial charge is 0.436 e. The van der Waals surface area contributed by atoms with Crippen molar-refractivity contribution in [2.45, 2.75) is 12.8 Å². The van der Waals surface area contributed by atoms with E-state index in [1.54, 1.807) is 0 Å². The highest BCUT2D eigenvalue weighted by atomic mass is 16.5. The zero-order valence-electron chi connectivity index (χ0n) is 13.2. The maximum Gasteiger partial charge on any atom is 0.229 e. The Morgan fingerprint density at radius 2 is 1.96 bits per heavy atom. The summed E-state index contributed by atoms with van der Waals surface area (Å²) in [6.07, 6.45) is 1.82. The van der Waals surface area contributed by atoms with Gasteiger partial charge in [0.25, 0.3) is 0 Å². The summed E-state index contributed by atoms with van der Waals surface area (Å²) in [5.74, 6) is 0.537. The van der Waals surface area contributed by atoms with Gasteiger partial charge < -0.3 is 14.5 Å². The fraction of sp³-hybridized carbons (Fsp3) is 0.263. The van der Waals surface area contributed by atoms with Gasteiger partial charge in [-0.15, -0.1) is 0 Å². The molecule has 2 aromatic carbocycles. The number of nitrogens with one attached hydrogen (secondary N) is 1.